The third-order valence-electron chi connectivity index (χ3n) is 11.9. The summed E-state index contributed by atoms with van der Waals surface area (Å²) in [7, 11) is 0. The van der Waals surface area contributed by atoms with Gasteiger partial charge in [-0.2, -0.15) is 0 Å². The molecular weight excluding hydrogens is 424 g/mol. The second-order valence-electron chi connectivity index (χ2n) is 13.9. The summed E-state index contributed by atoms with van der Waals surface area (Å²) in [6.07, 6.45) is 19.8. The van der Waals surface area contributed by atoms with Crippen LogP contribution in [0.5, 0.6) is 0 Å². The lowest BCUT2D eigenvalue weighted by Crippen LogP contribution is -2.55. The number of hydrogen-bond donors (Lipinski definition) is 0. The molecule has 0 bridgehead atoms. The van der Waals surface area contributed by atoms with E-state index in [1.807, 2.05) is 0 Å². The fraction of sp³-hybridized carbons (Fsp3) is 1.00. The van der Waals surface area contributed by atoms with Crippen LogP contribution in [0, 0.1) is 52.3 Å². The molecule has 0 aromatic rings. The minimum Gasteiger partial charge on any atom is -0.144 e. The van der Waals surface area contributed by atoms with Crippen LogP contribution in [0.1, 0.15) is 118 Å². The fourth-order valence-electron chi connectivity index (χ4n) is 10.1. The van der Waals surface area contributed by atoms with Gasteiger partial charge in [0.25, 0.3) is 0 Å². The van der Waals surface area contributed by atoms with E-state index in [4.69, 9.17) is 0 Å². The molecule has 0 aromatic heterocycles. The van der Waals surface area contributed by atoms with Crippen LogP contribution >= 0.6 is 23.5 Å². The van der Waals surface area contributed by atoms with Crippen LogP contribution in [0.4, 0.5) is 0 Å². The molecule has 1 saturated heterocycles. The Bertz CT molecular complexity index is 651. The molecule has 5 rings (SSSR count). The van der Waals surface area contributed by atoms with Gasteiger partial charge in [-0.1, -0.05) is 53.9 Å². The Morgan fingerprint density at radius 2 is 1.53 bits per heavy atom. The average molecular weight is 477 g/mol. The zero-order chi connectivity index (χ0) is 22.6. The van der Waals surface area contributed by atoms with Gasteiger partial charge in [-0.15, -0.1) is 23.5 Å². The molecule has 4 aliphatic carbocycles. The van der Waals surface area contributed by atoms with Crippen LogP contribution in [-0.4, -0.2) is 15.6 Å². The summed E-state index contributed by atoms with van der Waals surface area (Å²) in [5.41, 5.74) is 1.32. The molecule has 1 heterocycles. The van der Waals surface area contributed by atoms with Gasteiger partial charge in [0.2, 0.25) is 0 Å². The van der Waals surface area contributed by atoms with Gasteiger partial charge in [-0.25, -0.2) is 0 Å². The van der Waals surface area contributed by atoms with E-state index in [0.29, 0.717) is 14.9 Å². The zero-order valence-electron chi connectivity index (χ0n) is 22.0. The first-order chi connectivity index (χ1) is 15.3. The van der Waals surface area contributed by atoms with Crippen molar-refractivity contribution in [3.8, 4) is 0 Å². The highest BCUT2D eigenvalue weighted by atomic mass is 32.2. The summed E-state index contributed by atoms with van der Waals surface area (Å²) in [6.45, 7) is 13.0. The number of hydrogen-bond acceptors (Lipinski definition) is 2. The maximum Gasteiger partial charge on any atom is 0.0614 e. The van der Waals surface area contributed by atoms with Crippen LogP contribution in [0.3, 0.4) is 0 Å². The van der Waals surface area contributed by atoms with Crippen molar-refractivity contribution in [3.05, 3.63) is 0 Å². The highest BCUT2D eigenvalue weighted by Gasteiger charge is 2.61. The number of fused-ring (bicyclic) bond motifs is 5. The SMILES string of the molecule is CC(C)CCC[C@@H](C)[C@H]1CCC2C3CC[C@H]4CC5(CC[C@]4(C)C3CC[C@@]21C)SCCCS5. The van der Waals surface area contributed by atoms with Crippen LogP contribution in [0.2, 0.25) is 0 Å². The molecule has 0 aromatic carbocycles. The van der Waals surface area contributed by atoms with E-state index < -0.39 is 0 Å². The summed E-state index contributed by atoms with van der Waals surface area (Å²) in [5, 5.41) is 0. The van der Waals surface area contributed by atoms with Gasteiger partial charge in [-0.3, -0.25) is 0 Å². The van der Waals surface area contributed by atoms with Crippen molar-refractivity contribution in [3.63, 3.8) is 0 Å². The van der Waals surface area contributed by atoms with Gasteiger partial charge >= 0.3 is 0 Å². The Labute approximate surface area is 209 Å². The van der Waals surface area contributed by atoms with Gasteiger partial charge in [0, 0.05) is 0 Å². The molecule has 8 atom stereocenters. The van der Waals surface area contributed by atoms with Gasteiger partial charge in [0.05, 0.1) is 4.08 Å². The molecule has 1 spiro atoms. The Morgan fingerprint density at radius 1 is 0.781 bits per heavy atom. The quantitative estimate of drug-likeness (QED) is 0.387. The molecule has 184 valence electrons. The average Bonchev–Trinajstić information content (AvgIpc) is 3.12. The van der Waals surface area contributed by atoms with Crippen molar-refractivity contribution in [1.82, 2.24) is 0 Å². The number of rotatable bonds is 5. The summed E-state index contributed by atoms with van der Waals surface area (Å²) in [4.78, 5) is 0. The first-order valence-corrected chi connectivity index (χ1v) is 16.5. The Morgan fingerprint density at radius 3 is 2.28 bits per heavy atom. The molecule has 0 nitrogen and oxygen atoms in total. The first-order valence-electron chi connectivity index (χ1n) is 14.6. The largest absolute Gasteiger partial charge is 0.144 e. The third-order valence-corrected chi connectivity index (χ3v) is 15.4. The lowest BCUT2D eigenvalue weighted by molar-refractivity contribution is -0.114. The van der Waals surface area contributed by atoms with Crippen LogP contribution < -0.4 is 0 Å². The number of thioether (sulfide) groups is 2. The highest BCUT2D eigenvalue weighted by molar-refractivity contribution is 8.18. The molecule has 3 unspecified atom stereocenters. The monoisotopic (exact) mass is 476 g/mol. The normalized spacial score (nSPS) is 46.5. The minimum absolute atomic E-state index is 0.613. The standard InChI is InChI=1S/C30H52S2/c1-21(2)8-6-9-22(3)25-12-13-26-24-11-10-23-20-30(31-18-7-19-32-30)17-16-28(23,4)27(24)14-15-29(25,26)5/h21-27H,6-20H2,1-5H3/t22-,23+,24?,25-,26?,27?,28+,29-/m1/s1. The van der Waals surface area contributed by atoms with Crippen molar-refractivity contribution in [2.75, 3.05) is 11.5 Å². The Kier molecular flexibility index (Phi) is 7.09. The van der Waals surface area contributed by atoms with E-state index >= 15 is 0 Å². The minimum atomic E-state index is 0.613. The van der Waals surface area contributed by atoms with Crippen LogP contribution in [0.25, 0.3) is 0 Å². The van der Waals surface area contributed by atoms with Crippen molar-refractivity contribution in [2.45, 2.75) is 122 Å². The lowest BCUT2D eigenvalue weighted by Gasteiger charge is -2.63. The third kappa shape index (κ3) is 4.16. The smallest absolute Gasteiger partial charge is 0.0614 e. The molecule has 0 radical (unpaired) electrons. The second kappa shape index (κ2) is 9.29. The molecule has 4 saturated carbocycles. The van der Waals surface area contributed by atoms with Crippen molar-refractivity contribution in [2.24, 2.45) is 52.3 Å². The molecule has 0 amide bonds. The van der Waals surface area contributed by atoms with Crippen LogP contribution in [0.15, 0.2) is 0 Å². The molecular formula is C30H52S2. The van der Waals surface area contributed by atoms with E-state index in [1.165, 1.54) is 50.0 Å². The predicted octanol–water partition coefficient (Wildman–Crippen LogP) is 9.67. The van der Waals surface area contributed by atoms with E-state index in [1.54, 1.807) is 44.9 Å². The lowest BCUT2D eigenvalue weighted by atomic mass is 9.44. The van der Waals surface area contributed by atoms with E-state index in [2.05, 4.69) is 58.1 Å². The summed E-state index contributed by atoms with van der Waals surface area (Å²) in [5.74, 6) is 9.87. The molecule has 1 aliphatic heterocycles. The molecule has 5 fully saturated rings. The maximum absolute atomic E-state index is 2.78. The highest BCUT2D eigenvalue weighted by Crippen LogP contribution is 2.70. The van der Waals surface area contributed by atoms with Gasteiger partial charge < -0.3 is 0 Å². The van der Waals surface area contributed by atoms with E-state index in [-0.39, 0.29) is 0 Å². The molecule has 0 N–H and O–H groups in total. The topological polar surface area (TPSA) is 0 Å². The Hall–Kier alpha value is 0.700. The van der Waals surface area contributed by atoms with Crippen molar-refractivity contribution >= 4 is 23.5 Å². The molecule has 32 heavy (non-hydrogen) atoms. The first kappa shape index (κ1) is 24.4. The maximum atomic E-state index is 2.78. The van der Waals surface area contributed by atoms with Crippen molar-refractivity contribution in [1.29, 1.82) is 0 Å². The van der Waals surface area contributed by atoms with E-state index in [9.17, 15) is 0 Å². The van der Waals surface area contributed by atoms with Gasteiger partial charge in [-0.05, 0) is 128 Å². The molecule has 2 heteroatoms. The zero-order valence-corrected chi connectivity index (χ0v) is 23.6. The predicted molar refractivity (Wildman–Crippen MR) is 145 cm³/mol. The summed E-state index contributed by atoms with van der Waals surface area (Å²) < 4.78 is 0.613. The van der Waals surface area contributed by atoms with Gasteiger partial charge in [0.1, 0.15) is 0 Å². The second-order valence-corrected chi connectivity index (χ2v) is 17.1. The van der Waals surface area contributed by atoms with Gasteiger partial charge in [0.15, 0.2) is 0 Å². The Balaban J connectivity index is 1.27. The van der Waals surface area contributed by atoms with Crippen LogP contribution in [-0.2, 0) is 0 Å². The summed E-state index contributed by atoms with van der Waals surface area (Å²) in [6, 6.07) is 0. The molecule has 5 aliphatic rings. The fourth-order valence-corrected chi connectivity index (χ4v) is 13.6. The van der Waals surface area contributed by atoms with Crippen molar-refractivity contribution < 1.29 is 0 Å². The van der Waals surface area contributed by atoms with E-state index in [0.717, 1.165) is 41.4 Å². The summed E-state index contributed by atoms with van der Waals surface area (Å²) >= 11 is 4.72.